The van der Waals surface area contributed by atoms with Crippen LogP contribution in [-0.2, 0) is 0 Å². The topological polar surface area (TPSA) is 86.2 Å². The molecule has 0 saturated carbocycles. The van der Waals surface area contributed by atoms with Gasteiger partial charge in [-0.05, 0) is 12.1 Å². The number of hydrogen-bond acceptors (Lipinski definition) is 4. The van der Waals surface area contributed by atoms with Gasteiger partial charge in [0.25, 0.3) is 5.89 Å². The number of nitrogens with zero attached hydrogens (tertiary/aromatic N) is 1. The average molecular weight is 190 g/mol. The van der Waals surface area contributed by atoms with E-state index in [4.69, 9.17) is 10.2 Å². The third kappa shape index (κ3) is 1.15. The number of carbonyl (C=O) groups excluding carboxylic acids is 2. The number of fused-ring (bicyclic) bond motifs is 1. The van der Waals surface area contributed by atoms with E-state index in [2.05, 4.69) is 4.98 Å². The van der Waals surface area contributed by atoms with Crippen molar-refractivity contribution < 1.29 is 14.0 Å². The Bertz CT molecular complexity index is 516. The smallest absolute Gasteiger partial charge is 0.304 e. The van der Waals surface area contributed by atoms with E-state index < -0.39 is 5.91 Å². The molecule has 5 heteroatoms. The summed E-state index contributed by atoms with van der Waals surface area (Å²) in [5, 5.41) is 0. The molecular weight excluding hydrogens is 184 g/mol. The van der Waals surface area contributed by atoms with Crippen molar-refractivity contribution in [2.75, 3.05) is 0 Å². The summed E-state index contributed by atoms with van der Waals surface area (Å²) in [6.45, 7) is 0. The van der Waals surface area contributed by atoms with Crippen molar-refractivity contribution in [3.63, 3.8) is 0 Å². The Labute approximate surface area is 78.5 Å². The second-order valence-electron chi connectivity index (χ2n) is 2.70. The van der Waals surface area contributed by atoms with Crippen LogP contribution < -0.4 is 5.73 Å². The summed E-state index contributed by atoms with van der Waals surface area (Å²) in [6, 6.07) is 4.86. The van der Waals surface area contributed by atoms with Crippen LogP contribution in [-0.4, -0.2) is 17.2 Å². The fourth-order valence-electron chi connectivity index (χ4n) is 1.17. The lowest BCUT2D eigenvalue weighted by Crippen LogP contribution is -2.10. The summed E-state index contributed by atoms with van der Waals surface area (Å²) in [5.74, 6) is -0.938. The van der Waals surface area contributed by atoms with Crippen LogP contribution in [0, 0.1) is 0 Å². The van der Waals surface area contributed by atoms with Crippen molar-refractivity contribution in [1.29, 1.82) is 0 Å². The molecular formula is C9H6N2O3. The van der Waals surface area contributed by atoms with E-state index >= 15 is 0 Å². The Balaban J connectivity index is 2.76. The van der Waals surface area contributed by atoms with Crippen molar-refractivity contribution >= 4 is 23.3 Å². The van der Waals surface area contributed by atoms with Crippen molar-refractivity contribution in [3.8, 4) is 0 Å². The van der Waals surface area contributed by atoms with Crippen LogP contribution in [0.3, 0.4) is 0 Å². The molecule has 2 aromatic rings. The van der Waals surface area contributed by atoms with E-state index in [-0.39, 0.29) is 11.5 Å². The average Bonchev–Trinajstić information content (AvgIpc) is 2.60. The SMILES string of the molecule is NC(=O)c1nc2cccc(C=O)c2o1. The first kappa shape index (κ1) is 8.43. The second-order valence-corrected chi connectivity index (χ2v) is 2.70. The number of aromatic nitrogens is 1. The van der Waals surface area contributed by atoms with Crippen LogP contribution in [0.15, 0.2) is 22.6 Å². The fourth-order valence-corrected chi connectivity index (χ4v) is 1.17. The monoisotopic (exact) mass is 190 g/mol. The van der Waals surface area contributed by atoms with Gasteiger partial charge in [0.1, 0.15) is 5.52 Å². The molecule has 0 saturated heterocycles. The van der Waals surface area contributed by atoms with E-state index in [1.54, 1.807) is 18.2 Å². The van der Waals surface area contributed by atoms with Gasteiger partial charge in [0, 0.05) is 0 Å². The summed E-state index contributed by atoms with van der Waals surface area (Å²) >= 11 is 0. The van der Waals surface area contributed by atoms with Gasteiger partial charge in [-0.2, -0.15) is 0 Å². The predicted molar refractivity (Wildman–Crippen MR) is 47.9 cm³/mol. The van der Waals surface area contributed by atoms with Gasteiger partial charge in [-0.15, -0.1) is 0 Å². The molecule has 0 aliphatic carbocycles. The number of aldehydes is 1. The minimum absolute atomic E-state index is 0.186. The third-order valence-corrected chi connectivity index (χ3v) is 1.78. The molecule has 14 heavy (non-hydrogen) atoms. The maximum atomic E-state index is 10.7. The van der Waals surface area contributed by atoms with Gasteiger partial charge < -0.3 is 10.2 Å². The number of carbonyl (C=O) groups is 2. The Hall–Kier alpha value is -2.17. The molecule has 2 rings (SSSR count). The van der Waals surface area contributed by atoms with Crippen LogP contribution in [0.1, 0.15) is 21.0 Å². The van der Waals surface area contributed by atoms with Crippen LogP contribution in [0.2, 0.25) is 0 Å². The molecule has 1 aromatic heterocycles. The first-order valence-electron chi connectivity index (χ1n) is 3.87. The molecule has 0 spiro atoms. The van der Waals surface area contributed by atoms with Gasteiger partial charge in [0.05, 0.1) is 5.56 Å². The normalized spacial score (nSPS) is 10.3. The molecule has 1 amide bonds. The maximum absolute atomic E-state index is 10.7. The lowest BCUT2D eigenvalue weighted by Gasteiger charge is -1.88. The Kier molecular flexibility index (Phi) is 1.78. The molecule has 1 aromatic carbocycles. The van der Waals surface area contributed by atoms with Crippen LogP contribution in [0.5, 0.6) is 0 Å². The second kappa shape index (κ2) is 2.95. The number of amides is 1. The summed E-state index contributed by atoms with van der Waals surface area (Å²) in [6.07, 6.45) is 0.637. The van der Waals surface area contributed by atoms with Gasteiger partial charge in [-0.25, -0.2) is 4.98 Å². The first-order valence-corrected chi connectivity index (χ1v) is 3.87. The summed E-state index contributed by atoms with van der Waals surface area (Å²) in [7, 11) is 0. The molecule has 1 heterocycles. The first-order chi connectivity index (χ1) is 6.72. The number of hydrogen-bond donors (Lipinski definition) is 1. The highest BCUT2D eigenvalue weighted by molar-refractivity contribution is 5.96. The Morgan fingerprint density at radius 1 is 1.50 bits per heavy atom. The van der Waals surface area contributed by atoms with E-state index in [0.29, 0.717) is 17.4 Å². The van der Waals surface area contributed by atoms with Crippen molar-refractivity contribution in [2.45, 2.75) is 0 Å². The maximum Gasteiger partial charge on any atom is 0.304 e. The number of primary amides is 1. The highest BCUT2D eigenvalue weighted by atomic mass is 16.4. The Morgan fingerprint density at radius 3 is 2.93 bits per heavy atom. The van der Waals surface area contributed by atoms with E-state index in [1.807, 2.05) is 0 Å². The number of benzene rings is 1. The van der Waals surface area contributed by atoms with E-state index in [9.17, 15) is 9.59 Å². The zero-order chi connectivity index (χ0) is 10.1. The van der Waals surface area contributed by atoms with Crippen molar-refractivity contribution in [2.24, 2.45) is 5.73 Å². The summed E-state index contributed by atoms with van der Waals surface area (Å²) in [4.78, 5) is 25.2. The van der Waals surface area contributed by atoms with Crippen LogP contribution in [0.4, 0.5) is 0 Å². The summed E-state index contributed by atoms with van der Waals surface area (Å²) < 4.78 is 5.03. The molecule has 5 nitrogen and oxygen atoms in total. The van der Waals surface area contributed by atoms with Gasteiger partial charge in [-0.1, -0.05) is 6.07 Å². The predicted octanol–water partition coefficient (Wildman–Crippen LogP) is 0.739. The molecule has 2 N–H and O–H groups in total. The van der Waals surface area contributed by atoms with Gasteiger partial charge >= 0.3 is 5.91 Å². The van der Waals surface area contributed by atoms with Gasteiger partial charge in [-0.3, -0.25) is 9.59 Å². The molecule has 0 unspecified atom stereocenters. The number of oxazole rings is 1. The van der Waals surface area contributed by atoms with Gasteiger partial charge in [0.15, 0.2) is 11.9 Å². The third-order valence-electron chi connectivity index (χ3n) is 1.78. The summed E-state index contributed by atoms with van der Waals surface area (Å²) in [5.41, 5.74) is 6.07. The molecule has 70 valence electrons. The van der Waals surface area contributed by atoms with E-state index in [0.717, 1.165) is 0 Å². The molecule has 0 aliphatic heterocycles. The molecule has 0 radical (unpaired) electrons. The molecule has 0 bridgehead atoms. The minimum atomic E-state index is -0.752. The zero-order valence-electron chi connectivity index (χ0n) is 7.06. The largest absolute Gasteiger partial charge is 0.432 e. The van der Waals surface area contributed by atoms with E-state index in [1.165, 1.54) is 0 Å². The zero-order valence-corrected chi connectivity index (χ0v) is 7.06. The fraction of sp³-hybridized carbons (Fsp3) is 0. The number of para-hydroxylation sites is 1. The molecule has 0 fully saturated rings. The quantitative estimate of drug-likeness (QED) is 0.707. The highest BCUT2D eigenvalue weighted by Crippen LogP contribution is 2.18. The van der Waals surface area contributed by atoms with Gasteiger partial charge in [0.2, 0.25) is 0 Å². The highest BCUT2D eigenvalue weighted by Gasteiger charge is 2.12. The van der Waals surface area contributed by atoms with Crippen molar-refractivity contribution in [3.05, 3.63) is 29.7 Å². The lowest BCUT2D eigenvalue weighted by molar-refractivity contribution is 0.0968. The standard InChI is InChI=1S/C9H6N2O3/c10-8(13)9-11-6-3-1-2-5(4-12)7(6)14-9/h1-4H,(H2,10,13). The lowest BCUT2D eigenvalue weighted by atomic mass is 10.2. The Morgan fingerprint density at radius 2 is 2.29 bits per heavy atom. The minimum Gasteiger partial charge on any atom is -0.432 e. The molecule has 0 aliphatic rings. The van der Waals surface area contributed by atoms with Crippen LogP contribution in [0.25, 0.3) is 11.1 Å². The van der Waals surface area contributed by atoms with Crippen molar-refractivity contribution in [1.82, 2.24) is 4.98 Å². The number of rotatable bonds is 2. The number of nitrogens with two attached hydrogens (primary N) is 1. The van der Waals surface area contributed by atoms with Crippen LogP contribution >= 0.6 is 0 Å². The molecule has 0 atom stereocenters.